The van der Waals surface area contributed by atoms with Crippen LogP contribution in [0.5, 0.6) is 5.75 Å². The van der Waals surface area contributed by atoms with Crippen LogP contribution in [0.2, 0.25) is 0 Å². The molecule has 0 radical (unpaired) electrons. The fourth-order valence-electron chi connectivity index (χ4n) is 4.24. The van der Waals surface area contributed by atoms with Gasteiger partial charge in [0.2, 0.25) is 0 Å². The highest BCUT2D eigenvalue weighted by atomic mass is 32.1. The van der Waals surface area contributed by atoms with E-state index in [9.17, 15) is 0 Å². The molecule has 0 spiro atoms. The molecule has 6 rings (SSSR count). The topological polar surface area (TPSA) is 87.0 Å². The summed E-state index contributed by atoms with van der Waals surface area (Å²) >= 11 is 1.61. The van der Waals surface area contributed by atoms with E-state index in [1.54, 1.807) is 22.3 Å². The molecule has 5 aromatic rings. The van der Waals surface area contributed by atoms with Crippen LogP contribution in [0, 0.1) is 5.41 Å². The van der Waals surface area contributed by atoms with Gasteiger partial charge in [-0.2, -0.15) is 5.10 Å². The molecule has 1 aliphatic rings. The van der Waals surface area contributed by atoms with E-state index in [0.717, 1.165) is 56.7 Å². The molecule has 1 N–H and O–H groups in total. The number of fused-ring (bicyclic) bond motifs is 2. The number of ether oxygens (including phenoxy) is 2. The lowest BCUT2D eigenvalue weighted by atomic mass is 9.91. The Morgan fingerprint density at radius 1 is 1.15 bits per heavy atom. The van der Waals surface area contributed by atoms with Crippen molar-refractivity contribution in [3.05, 3.63) is 54.6 Å². The number of aromatic nitrogens is 5. The molecule has 4 heterocycles. The van der Waals surface area contributed by atoms with Gasteiger partial charge in [0, 0.05) is 36.5 Å². The van der Waals surface area contributed by atoms with Crippen molar-refractivity contribution in [2.75, 3.05) is 25.1 Å². The van der Waals surface area contributed by atoms with Crippen LogP contribution in [0.25, 0.3) is 32.2 Å². The molecule has 1 aliphatic heterocycles. The number of rotatable bonds is 6. The molecule has 9 heteroatoms. The van der Waals surface area contributed by atoms with Gasteiger partial charge in [-0.05, 0) is 42.3 Å². The third-order valence-corrected chi connectivity index (χ3v) is 7.00. The highest BCUT2D eigenvalue weighted by Crippen LogP contribution is 2.38. The minimum absolute atomic E-state index is 0.0168. The normalized spacial score (nSPS) is 18.1. The molecule has 34 heavy (non-hydrogen) atoms. The molecule has 0 aliphatic carbocycles. The molecule has 3 aromatic heterocycles. The lowest BCUT2D eigenvalue weighted by molar-refractivity contribution is 0.118. The van der Waals surface area contributed by atoms with Crippen molar-refractivity contribution >= 4 is 44.0 Å². The summed E-state index contributed by atoms with van der Waals surface area (Å²) in [5.41, 5.74) is 6.58. The molecule has 0 saturated carbocycles. The molecular formula is C25H24N6O2S. The van der Waals surface area contributed by atoms with Crippen LogP contribution >= 0.6 is 11.3 Å². The van der Waals surface area contributed by atoms with Crippen molar-refractivity contribution in [2.45, 2.75) is 13.3 Å². The van der Waals surface area contributed by atoms with E-state index in [-0.39, 0.29) is 5.41 Å². The van der Waals surface area contributed by atoms with E-state index in [4.69, 9.17) is 9.47 Å². The minimum atomic E-state index is -0.0168. The Bertz CT molecular complexity index is 1490. The van der Waals surface area contributed by atoms with Crippen LogP contribution in [-0.4, -0.2) is 44.6 Å². The summed E-state index contributed by atoms with van der Waals surface area (Å²) < 4.78 is 15.0. The third-order valence-electron chi connectivity index (χ3n) is 6.21. The Hall–Kier alpha value is -3.56. The van der Waals surface area contributed by atoms with Crippen LogP contribution in [0.4, 0.5) is 11.5 Å². The van der Waals surface area contributed by atoms with E-state index in [0.29, 0.717) is 19.0 Å². The summed E-state index contributed by atoms with van der Waals surface area (Å²) in [4.78, 5) is 13.5. The first-order valence-corrected chi connectivity index (χ1v) is 12.0. The van der Waals surface area contributed by atoms with E-state index in [1.165, 1.54) is 0 Å². The van der Waals surface area contributed by atoms with Crippen molar-refractivity contribution in [3.63, 3.8) is 0 Å². The first-order valence-electron chi connectivity index (χ1n) is 11.1. The van der Waals surface area contributed by atoms with Crippen molar-refractivity contribution < 1.29 is 9.47 Å². The molecule has 1 atom stereocenters. The van der Waals surface area contributed by atoms with Crippen molar-refractivity contribution in [1.82, 2.24) is 24.7 Å². The lowest BCUT2D eigenvalue weighted by Crippen LogP contribution is -2.25. The van der Waals surface area contributed by atoms with Gasteiger partial charge in [-0.3, -0.25) is 4.68 Å². The number of hydrogen-bond donors (Lipinski definition) is 1. The molecule has 8 nitrogen and oxygen atoms in total. The summed E-state index contributed by atoms with van der Waals surface area (Å²) in [6, 6.07) is 10.2. The van der Waals surface area contributed by atoms with E-state index >= 15 is 0 Å². The second-order valence-corrected chi connectivity index (χ2v) is 9.94. The summed E-state index contributed by atoms with van der Waals surface area (Å²) in [5, 5.41) is 8.65. The van der Waals surface area contributed by atoms with Gasteiger partial charge in [0.05, 0.1) is 46.0 Å². The van der Waals surface area contributed by atoms with Crippen LogP contribution in [0.15, 0.2) is 54.6 Å². The largest absolute Gasteiger partial charge is 0.492 e. The van der Waals surface area contributed by atoms with Gasteiger partial charge in [-0.1, -0.05) is 6.92 Å². The van der Waals surface area contributed by atoms with Gasteiger partial charge in [-0.25, -0.2) is 15.0 Å². The number of anilines is 2. The second kappa shape index (κ2) is 8.34. The van der Waals surface area contributed by atoms with Crippen LogP contribution in [0.3, 0.4) is 0 Å². The van der Waals surface area contributed by atoms with Crippen molar-refractivity contribution in [3.8, 4) is 16.9 Å². The summed E-state index contributed by atoms with van der Waals surface area (Å²) in [5.74, 6) is 1.45. The predicted molar refractivity (Wildman–Crippen MR) is 134 cm³/mol. The molecule has 1 fully saturated rings. The zero-order valence-corrected chi connectivity index (χ0v) is 19.8. The monoisotopic (exact) mass is 472 g/mol. The van der Waals surface area contributed by atoms with Crippen LogP contribution in [-0.2, 0) is 11.8 Å². The summed E-state index contributed by atoms with van der Waals surface area (Å²) in [7, 11) is 1.91. The standard InChI is InChI=1S/C25H24N6O2S/c1-25(5-6-32-12-25)13-33-21-8-16(17-10-29-31(2)11-17)7-20-23(21)24(27-14-26-20)30-18-3-4-19-22(9-18)34-15-28-19/h3-4,7-11,14-15H,5-6,12-13H2,1-2H3,(H,26,27,30)/t25-/m1/s1. The summed E-state index contributed by atoms with van der Waals surface area (Å²) in [6.07, 6.45) is 6.39. The zero-order chi connectivity index (χ0) is 23.1. The molecule has 0 amide bonds. The molecule has 2 aromatic carbocycles. The number of benzene rings is 2. The maximum Gasteiger partial charge on any atom is 0.145 e. The maximum absolute atomic E-state index is 6.48. The van der Waals surface area contributed by atoms with Crippen LogP contribution in [0.1, 0.15) is 13.3 Å². The third kappa shape index (κ3) is 3.97. The maximum atomic E-state index is 6.48. The average Bonchev–Trinajstić information content (AvgIpc) is 3.59. The van der Waals surface area contributed by atoms with E-state index in [2.05, 4.69) is 50.5 Å². The summed E-state index contributed by atoms with van der Waals surface area (Å²) in [6.45, 7) is 4.23. The number of nitrogens with one attached hydrogen (secondary N) is 1. The van der Waals surface area contributed by atoms with E-state index < -0.39 is 0 Å². The Balaban J connectivity index is 1.44. The van der Waals surface area contributed by atoms with Crippen LogP contribution < -0.4 is 10.1 Å². The molecule has 1 saturated heterocycles. The SMILES string of the molecule is Cn1cc(-c2cc(OC[C@]3(C)CCOC3)c3c(Nc4ccc5ncsc5c4)ncnc3c2)cn1. The predicted octanol–water partition coefficient (Wildman–Crippen LogP) is 5.19. The van der Waals surface area contributed by atoms with Gasteiger partial charge >= 0.3 is 0 Å². The molecule has 0 bridgehead atoms. The average molecular weight is 473 g/mol. The van der Waals surface area contributed by atoms with E-state index in [1.807, 2.05) is 37.1 Å². The number of aryl methyl sites for hydroxylation is 1. The van der Waals surface area contributed by atoms with Crippen molar-refractivity contribution in [2.24, 2.45) is 12.5 Å². The minimum Gasteiger partial charge on any atom is -0.492 e. The fourth-order valence-corrected chi connectivity index (χ4v) is 4.96. The molecular weight excluding hydrogens is 448 g/mol. The Kier molecular flexibility index (Phi) is 5.15. The number of thiazole rings is 1. The van der Waals surface area contributed by atoms with Gasteiger partial charge in [0.25, 0.3) is 0 Å². The second-order valence-electron chi connectivity index (χ2n) is 9.06. The molecule has 172 valence electrons. The first kappa shape index (κ1) is 21.0. The molecule has 0 unspecified atom stereocenters. The Morgan fingerprint density at radius 3 is 2.91 bits per heavy atom. The van der Waals surface area contributed by atoms with Gasteiger partial charge in [0.1, 0.15) is 17.9 Å². The Labute approximate surface area is 200 Å². The first-order chi connectivity index (χ1) is 16.6. The smallest absolute Gasteiger partial charge is 0.145 e. The van der Waals surface area contributed by atoms with Crippen molar-refractivity contribution in [1.29, 1.82) is 0 Å². The Morgan fingerprint density at radius 2 is 2.09 bits per heavy atom. The van der Waals surface area contributed by atoms with Gasteiger partial charge < -0.3 is 14.8 Å². The highest BCUT2D eigenvalue weighted by molar-refractivity contribution is 7.16. The zero-order valence-electron chi connectivity index (χ0n) is 19.0. The van der Waals surface area contributed by atoms with Gasteiger partial charge in [0.15, 0.2) is 0 Å². The quantitative estimate of drug-likeness (QED) is 0.364. The van der Waals surface area contributed by atoms with Gasteiger partial charge in [-0.15, -0.1) is 11.3 Å². The number of nitrogens with zero attached hydrogens (tertiary/aromatic N) is 5. The highest BCUT2D eigenvalue weighted by Gasteiger charge is 2.31. The number of hydrogen-bond acceptors (Lipinski definition) is 8. The lowest BCUT2D eigenvalue weighted by Gasteiger charge is -2.23. The fraction of sp³-hybridized carbons (Fsp3) is 0.280.